The van der Waals surface area contributed by atoms with Crippen LogP contribution in [0.3, 0.4) is 0 Å². The number of aryl methyl sites for hydroxylation is 2. The molecule has 0 atom stereocenters. The van der Waals surface area contributed by atoms with E-state index in [2.05, 4.69) is 9.97 Å². The van der Waals surface area contributed by atoms with Crippen LogP contribution >= 0.6 is 0 Å². The summed E-state index contributed by atoms with van der Waals surface area (Å²) in [5, 5.41) is 13.0. The second kappa shape index (κ2) is 8.36. The van der Waals surface area contributed by atoms with Gasteiger partial charge >= 0.3 is 5.69 Å². The molecule has 0 saturated carbocycles. The zero-order valence-electron chi connectivity index (χ0n) is 16.7. The van der Waals surface area contributed by atoms with Crippen LogP contribution in [0.5, 0.6) is 0 Å². The van der Waals surface area contributed by atoms with Crippen LogP contribution in [0.2, 0.25) is 0 Å². The van der Waals surface area contributed by atoms with Gasteiger partial charge in [0.1, 0.15) is 11.3 Å². The Balaban J connectivity index is 1.84. The van der Waals surface area contributed by atoms with Crippen molar-refractivity contribution in [2.24, 2.45) is 0 Å². The Kier molecular flexibility index (Phi) is 5.47. The number of rotatable bonds is 7. The van der Waals surface area contributed by atoms with E-state index in [0.717, 1.165) is 15.7 Å². The van der Waals surface area contributed by atoms with Crippen LogP contribution in [0.4, 0.5) is 0 Å². The van der Waals surface area contributed by atoms with Gasteiger partial charge in [0.2, 0.25) is 0 Å². The first-order valence-corrected chi connectivity index (χ1v) is 9.95. The molecule has 0 aliphatic carbocycles. The molecule has 0 spiro atoms. The zero-order valence-corrected chi connectivity index (χ0v) is 16.7. The summed E-state index contributed by atoms with van der Waals surface area (Å²) in [6.07, 6.45) is 4.72. The lowest BCUT2D eigenvalue weighted by Gasteiger charge is -2.14. The van der Waals surface area contributed by atoms with E-state index in [1.165, 1.54) is 4.57 Å². The number of fused-ring (bicyclic) bond motifs is 1. The van der Waals surface area contributed by atoms with Gasteiger partial charge in [0.05, 0.1) is 0 Å². The van der Waals surface area contributed by atoms with Crippen LogP contribution in [-0.2, 0) is 25.9 Å². The van der Waals surface area contributed by atoms with Crippen molar-refractivity contribution >= 4 is 11.2 Å². The number of imidazole rings is 1. The predicted molar refractivity (Wildman–Crippen MR) is 114 cm³/mol. The highest BCUT2D eigenvalue weighted by Gasteiger charge is 2.18. The maximum absolute atomic E-state index is 13.1. The Morgan fingerprint density at radius 3 is 2.43 bits per heavy atom. The van der Waals surface area contributed by atoms with E-state index in [0.29, 0.717) is 24.1 Å². The molecule has 4 aromatic rings. The minimum Gasteiger partial charge on any atom is -0.804 e. The highest BCUT2D eigenvalue weighted by Crippen LogP contribution is 2.15. The molecule has 0 fully saturated rings. The van der Waals surface area contributed by atoms with Gasteiger partial charge in [0.15, 0.2) is 5.65 Å². The van der Waals surface area contributed by atoms with E-state index in [4.69, 9.17) is 0 Å². The second-order valence-electron chi connectivity index (χ2n) is 7.16. The van der Waals surface area contributed by atoms with Gasteiger partial charge in [-0.15, -0.1) is 0 Å². The molecular weight excluding hydrogens is 382 g/mol. The Hall–Kier alpha value is -3.68. The lowest BCUT2D eigenvalue weighted by molar-refractivity contribution is 0.559. The van der Waals surface area contributed by atoms with Crippen LogP contribution in [0.25, 0.3) is 11.2 Å². The zero-order chi connectivity index (χ0) is 21.1. The number of benzene rings is 1. The van der Waals surface area contributed by atoms with E-state index in [1.807, 2.05) is 43.3 Å². The van der Waals surface area contributed by atoms with E-state index in [1.54, 1.807) is 18.5 Å². The minimum atomic E-state index is -0.590. The van der Waals surface area contributed by atoms with E-state index < -0.39 is 11.2 Å². The molecular formula is C22H22N5O3-. The third kappa shape index (κ3) is 3.63. The molecule has 30 heavy (non-hydrogen) atoms. The Bertz CT molecular complexity index is 1270. The standard InChI is InChI=1S/C22H22N5O3/c1-2-12-26-21(28)19-20(24-18(27(19)30)14-17-9-6-11-23-15-17)25(22(26)29)13-10-16-7-4-3-5-8-16/h3-9,11,15H,2,10,12-14H2,1H3/q-1. The molecule has 0 radical (unpaired) electrons. The number of nitrogens with zero attached hydrogens (tertiary/aromatic N) is 5. The first-order valence-electron chi connectivity index (χ1n) is 9.95. The van der Waals surface area contributed by atoms with Gasteiger partial charge in [0, 0.05) is 31.9 Å². The summed E-state index contributed by atoms with van der Waals surface area (Å²) in [6, 6.07) is 13.4. The number of aromatic nitrogens is 5. The Labute approximate surface area is 172 Å². The van der Waals surface area contributed by atoms with Crippen LogP contribution in [0.1, 0.15) is 30.3 Å². The smallest absolute Gasteiger partial charge is 0.332 e. The summed E-state index contributed by atoms with van der Waals surface area (Å²) in [6.45, 7) is 2.46. The van der Waals surface area contributed by atoms with Gasteiger partial charge in [0.25, 0.3) is 5.56 Å². The SMILES string of the molecule is CCCn1c(=O)c2c(nc(Cc3cccnc3)n2[O-])n(CCc2ccccc2)c1=O. The molecule has 0 amide bonds. The Morgan fingerprint density at radius 2 is 1.73 bits per heavy atom. The number of hydrogen-bond acceptors (Lipinski definition) is 5. The van der Waals surface area contributed by atoms with Gasteiger partial charge < -0.3 is 9.94 Å². The molecule has 0 unspecified atom stereocenters. The summed E-state index contributed by atoms with van der Waals surface area (Å²) in [5.74, 6) is 0.178. The average molecular weight is 404 g/mol. The molecule has 0 aliphatic rings. The summed E-state index contributed by atoms with van der Waals surface area (Å²) >= 11 is 0. The van der Waals surface area contributed by atoms with Gasteiger partial charge in [-0.1, -0.05) is 43.3 Å². The third-order valence-corrected chi connectivity index (χ3v) is 5.05. The van der Waals surface area contributed by atoms with Crippen LogP contribution in [0, 0.1) is 5.21 Å². The van der Waals surface area contributed by atoms with Crippen LogP contribution < -0.4 is 11.2 Å². The maximum Gasteiger partial charge on any atom is 0.332 e. The van der Waals surface area contributed by atoms with Crippen molar-refractivity contribution in [1.82, 2.24) is 23.8 Å². The first-order chi connectivity index (χ1) is 14.6. The van der Waals surface area contributed by atoms with Gasteiger partial charge in [-0.3, -0.25) is 18.9 Å². The van der Waals surface area contributed by atoms with Crippen molar-refractivity contribution in [2.75, 3.05) is 0 Å². The van der Waals surface area contributed by atoms with Crippen molar-refractivity contribution in [3.8, 4) is 0 Å². The van der Waals surface area contributed by atoms with E-state index in [-0.39, 0.29) is 30.0 Å². The average Bonchev–Trinajstić information content (AvgIpc) is 3.08. The molecule has 0 N–H and O–H groups in total. The molecule has 8 nitrogen and oxygen atoms in total. The third-order valence-electron chi connectivity index (χ3n) is 5.05. The van der Waals surface area contributed by atoms with Crippen molar-refractivity contribution in [3.63, 3.8) is 0 Å². The lowest BCUT2D eigenvalue weighted by Crippen LogP contribution is -2.40. The Morgan fingerprint density at radius 1 is 0.967 bits per heavy atom. The van der Waals surface area contributed by atoms with E-state index in [9.17, 15) is 14.8 Å². The van der Waals surface area contributed by atoms with Crippen molar-refractivity contribution in [2.45, 2.75) is 39.3 Å². The van der Waals surface area contributed by atoms with Gasteiger partial charge in [-0.2, -0.15) is 0 Å². The van der Waals surface area contributed by atoms with E-state index >= 15 is 0 Å². The summed E-state index contributed by atoms with van der Waals surface area (Å²) < 4.78 is 3.15. The molecule has 0 saturated heterocycles. The maximum atomic E-state index is 13.1. The van der Waals surface area contributed by atoms with Gasteiger partial charge in [-0.05, 0) is 30.0 Å². The molecule has 3 aromatic heterocycles. The minimum absolute atomic E-state index is 0.0880. The van der Waals surface area contributed by atoms with Crippen molar-refractivity contribution in [3.05, 3.63) is 97.9 Å². The van der Waals surface area contributed by atoms with Gasteiger partial charge in [-0.25, -0.2) is 9.78 Å². The molecule has 0 aliphatic heterocycles. The molecule has 3 heterocycles. The number of hydrogen-bond donors (Lipinski definition) is 0. The van der Waals surface area contributed by atoms with Crippen LogP contribution in [0.15, 0.2) is 64.4 Å². The molecule has 1 aromatic carbocycles. The van der Waals surface area contributed by atoms with Crippen LogP contribution in [-0.4, -0.2) is 23.8 Å². The fraction of sp³-hybridized carbons (Fsp3) is 0.273. The highest BCUT2D eigenvalue weighted by molar-refractivity contribution is 5.71. The normalized spacial score (nSPS) is 11.2. The monoisotopic (exact) mass is 404 g/mol. The first kappa shape index (κ1) is 19.6. The molecule has 8 heteroatoms. The summed E-state index contributed by atoms with van der Waals surface area (Å²) in [4.78, 5) is 34.5. The fourth-order valence-electron chi connectivity index (χ4n) is 3.57. The topological polar surface area (TPSA) is 97.8 Å². The summed E-state index contributed by atoms with van der Waals surface area (Å²) in [7, 11) is 0. The predicted octanol–water partition coefficient (Wildman–Crippen LogP) is 2.34. The molecule has 4 rings (SSSR count). The second-order valence-corrected chi connectivity index (χ2v) is 7.16. The van der Waals surface area contributed by atoms with Crippen molar-refractivity contribution in [1.29, 1.82) is 0 Å². The number of pyridine rings is 1. The quantitative estimate of drug-likeness (QED) is 0.471. The fourth-order valence-corrected chi connectivity index (χ4v) is 3.57. The highest BCUT2D eigenvalue weighted by atomic mass is 16.5. The molecule has 154 valence electrons. The van der Waals surface area contributed by atoms with Crippen molar-refractivity contribution < 1.29 is 0 Å². The largest absolute Gasteiger partial charge is 0.804 e. The lowest BCUT2D eigenvalue weighted by atomic mass is 10.1. The molecule has 0 bridgehead atoms. The summed E-state index contributed by atoms with van der Waals surface area (Å²) in [5.41, 5.74) is 0.890.